The molecule has 0 aromatic carbocycles. The van der Waals surface area contributed by atoms with Gasteiger partial charge in [0.1, 0.15) is 0 Å². The van der Waals surface area contributed by atoms with Gasteiger partial charge in [-0.2, -0.15) is 0 Å². The van der Waals surface area contributed by atoms with Gasteiger partial charge in [0.05, 0.1) is 11.4 Å². The van der Waals surface area contributed by atoms with Crippen molar-refractivity contribution in [3.05, 3.63) is 0 Å². The molecule has 0 aromatic rings. The van der Waals surface area contributed by atoms with Gasteiger partial charge in [-0.05, 0) is 13.5 Å². The smallest absolute Gasteiger partial charge is 0.0921 e. The molecule has 4 N–H and O–H groups in total. The number of hydrogen-bond acceptors (Lipinski definition) is 4. The maximum absolute atomic E-state index is 10.4. The summed E-state index contributed by atoms with van der Waals surface area (Å²) in [6, 6.07) is 0.236. The van der Waals surface area contributed by atoms with Crippen molar-refractivity contribution in [2.75, 3.05) is 26.8 Å². The standard InChI is InChI=1S/C12H25N3O2/c1-3-10(8-11(13)14)15(2)9-12(16)4-6-17-7-5-12/h10,16H,3-9H2,1-2H3,(H3,13,14). The molecule has 1 heterocycles. The van der Waals surface area contributed by atoms with E-state index >= 15 is 0 Å². The molecule has 0 aromatic heterocycles. The van der Waals surface area contributed by atoms with E-state index in [1.807, 2.05) is 7.05 Å². The number of nitrogens with zero attached hydrogens (tertiary/aromatic N) is 1. The van der Waals surface area contributed by atoms with Crippen LogP contribution in [0.3, 0.4) is 0 Å². The van der Waals surface area contributed by atoms with Gasteiger partial charge in [0.15, 0.2) is 0 Å². The molecule has 0 aliphatic carbocycles. The molecular weight excluding hydrogens is 218 g/mol. The summed E-state index contributed by atoms with van der Waals surface area (Å²) in [5.41, 5.74) is 4.81. The Morgan fingerprint density at radius 3 is 2.59 bits per heavy atom. The van der Waals surface area contributed by atoms with Gasteiger partial charge >= 0.3 is 0 Å². The lowest BCUT2D eigenvalue weighted by atomic mass is 9.93. The van der Waals surface area contributed by atoms with Crippen molar-refractivity contribution in [3.63, 3.8) is 0 Å². The topological polar surface area (TPSA) is 82.6 Å². The van der Waals surface area contributed by atoms with E-state index < -0.39 is 5.60 Å². The SMILES string of the molecule is CCC(CC(=N)N)N(C)CC1(O)CCOCC1. The highest BCUT2D eigenvalue weighted by Crippen LogP contribution is 2.22. The lowest BCUT2D eigenvalue weighted by Gasteiger charge is -2.38. The minimum atomic E-state index is -0.642. The largest absolute Gasteiger partial charge is 0.388 e. The first-order chi connectivity index (χ1) is 7.97. The summed E-state index contributed by atoms with van der Waals surface area (Å²) in [6.45, 7) is 3.97. The van der Waals surface area contributed by atoms with Gasteiger partial charge in [-0.15, -0.1) is 0 Å². The first-order valence-corrected chi connectivity index (χ1v) is 6.30. The highest BCUT2D eigenvalue weighted by molar-refractivity contribution is 5.77. The van der Waals surface area contributed by atoms with E-state index in [2.05, 4.69) is 11.8 Å². The summed E-state index contributed by atoms with van der Waals surface area (Å²) in [4.78, 5) is 2.12. The number of rotatable bonds is 6. The van der Waals surface area contributed by atoms with Crippen molar-refractivity contribution in [1.29, 1.82) is 5.41 Å². The molecule has 17 heavy (non-hydrogen) atoms. The van der Waals surface area contributed by atoms with Crippen LogP contribution in [0.5, 0.6) is 0 Å². The summed E-state index contributed by atoms with van der Waals surface area (Å²) in [7, 11) is 1.99. The summed E-state index contributed by atoms with van der Waals surface area (Å²) in [6.07, 6.45) is 2.88. The van der Waals surface area contributed by atoms with Crippen molar-refractivity contribution in [2.24, 2.45) is 5.73 Å². The first kappa shape index (κ1) is 14.4. The van der Waals surface area contributed by atoms with Crippen LogP contribution in [0.1, 0.15) is 32.6 Å². The molecule has 0 bridgehead atoms. The number of nitrogens with two attached hydrogens (primary N) is 1. The van der Waals surface area contributed by atoms with Crippen molar-refractivity contribution in [3.8, 4) is 0 Å². The van der Waals surface area contributed by atoms with Crippen molar-refractivity contribution < 1.29 is 9.84 Å². The van der Waals surface area contributed by atoms with E-state index in [1.165, 1.54) is 0 Å². The number of amidine groups is 1. The number of aliphatic hydroxyl groups is 1. The maximum atomic E-state index is 10.4. The zero-order chi connectivity index (χ0) is 12.9. The van der Waals surface area contributed by atoms with Gasteiger partial charge in [0.25, 0.3) is 0 Å². The van der Waals surface area contributed by atoms with Gasteiger partial charge in [-0.25, -0.2) is 0 Å². The van der Waals surface area contributed by atoms with E-state index in [0.29, 0.717) is 39.0 Å². The molecule has 1 unspecified atom stereocenters. The molecule has 0 amide bonds. The average Bonchev–Trinajstić information content (AvgIpc) is 2.25. The Hall–Kier alpha value is -0.650. The minimum absolute atomic E-state index is 0.211. The Kier molecular flexibility index (Phi) is 5.36. The number of nitrogens with one attached hydrogen (secondary N) is 1. The van der Waals surface area contributed by atoms with Crippen LogP contribution in [0, 0.1) is 5.41 Å². The monoisotopic (exact) mass is 243 g/mol. The highest BCUT2D eigenvalue weighted by atomic mass is 16.5. The molecule has 0 saturated carbocycles. The lowest BCUT2D eigenvalue weighted by Crippen LogP contribution is -2.49. The Morgan fingerprint density at radius 1 is 1.53 bits per heavy atom. The average molecular weight is 243 g/mol. The van der Waals surface area contributed by atoms with E-state index in [9.17, 15) is 5.11 Å². The minimum Gasteiger partial charge on any atom is -0.388 e. The Labute approximate surface area is 103 Å². The van der Waals surface area contributed by atoms with E-state index in [1.54, 1.807) is 0 Å². The normalized spacial score (nSPS) is 21.4. The molecule has 5 heteroatoms. The van der Waals surface area contributed by atoms with Crippen LogP contribution >= 0.6 is 0 Å². The molecular formula is C12H25N3O2. The predicted octanol–water partition coefficient (Wildman–Crippen LogP) is 0.564. The van der Waals surface area contributed by atoms with Gasteiger partial charge < -0.3 is 20.5 Å². The zero-order valence-electron chi connectivity index (χ0n) is 10.9. The summed E-state index contributed by atoms with van der Waals surface area (Å²) < 4.78 is 5.27. The zero-order valence-corrected chi connectivity index (χ0v) is 10.9. The predicted molar refractivity (Wildman–Crippen MR) is 68.2 cm³/mol. The highest BCUT2D eigenvalue weighted by Gasteiger charge is 2.32. The molecule has 0 spiro atoms. The maximum Gasteiger partial charge on any atom is 0.0921 e. The van der Waals surface area contributed by atoms with E-state index in [-0.39, 0.29) is 11.9 Å². The second-order valence-corrected chi connectivity index (χ2v) is 5.04. The fourth-order valence-electron chi connectivity index (χ4n) is 2.37. The van der Waals surface area contributed by atoms with Gasteiger partial charge in [0, 0.05) is 45.1 Å². The summed E-state index contributed by atoms with van der Waals surface area (Å²) in [5.74, 6) is 0.211. The lowest BCUT2D eigenvalue weighted by molar-refractivity contribution is -0.0812. The Bertz CT molecular complexity index is 252. The van der Waals surface area contributed by atoms with Crippen molar-refractivity contribution >= 4 is 5.84 Å². The molecule has 5 nitrogen and oxygen atoms in total. The van der Waals surface area contributed by atoms with Crippen LogP contribution in [0.15, 0.2) is 0 Å². The molecule has 1 aliphatic rings. The fraction of sp³-hybridized carbons (Fsp3) is 0.917. The van der Waals surface area contributed by atoms with Gasteiger partial charge in [-0.3, -0.25) is 5.41 Å². The second kappa shape index (κ2) is 6.33. The summed E-state index contributed by atoms with van der Waals surface area (Å²) in [5, 5.41) is 17.8. The fourth-order valence-corrected chi connectivity index (χ4v) is 2.37. The van der Waals surface area contributed by atoms with Crippen molar-refractivity contribution in [2.45, 2.75) is 44.2 Å². The Morgan fingerprint density at radius 2 is 2.12 bits per heavy atom. The molecule has 100 valence electrons. The van der Waals surface area contributed by atoms with E-state index in [4.69, 9.17) is 15.9 Å². The van der Waals surface area contributed by atoms with E-state index in [0.717, 1.165) is 6.42 Å². The van der Waals surface area contributed by atoms with Crippen LogP contribution in [-0.4, -0.2) is 54.3 Å². The molecule has 1 aliphatic heterocycles. The second-order valence-electron chi connectivity index (χ2n) is 5.04. The molecule has 0 radical (unpaired) electrons. The van der Waals surface area contributed by atoms with Gasteiger partial charge in [-0.1, -0.05) is 6.92 Å². The molecule has 1 atom stereocenters. The van der Waals surface area contributed by atoms with Crippen LogP contribution in [-0.2, 0) is 4.74 Å². The number of likely N-dealkylation sites (N-methyl/N-ethyl adjacent to an activating group) is 1. The van der Waals surface area contributed by atoms with Crippen LogP contribution < -0.4 is 5.73 Å². The molecule has 1 fully saturated rings. The number of ether oxygens (including phenoxy) is 1. The molecule has 1 rings (SSSR count). The van der Waals surface area contributed by atoms with Crippen LogP contribution in [0.2, 0.25) is 0 Å². The van der Waals surface area contributed by atoms with Crippen molar-refractivity contribution in [1.82, 2.24) is 4.90 Å². The quantitative estimate of drug-likeness (QED) is 0.470. The number of hydrogen-bond donors (Lipinski definition) is 3. The molecule has 1 saturated heterocycles. The van der Waals surface area contributed by atoms with Gasteiger partial charge in [0.2, 0.25) is 0 Å². The van der Waals surface area contributed by atoms with Crippen LogP contribution in [0.25, 0.3) is 0 Å². The Balaban J connectivity index is 2.50. The van der Waals surface area contributed by atoms with Crippen LogP contribution in [0.4, 0.5) is 0 Å². The first-order valence-electron chi connectivity index (χ1n) is 6.30. The third-order valence-electron chi connectivity index (χ3n) is 3.52. The summed E-state index contributed by atoms with van der Waals surface area (Å²) >= 11 is 0. The third-order valence-corrected chi connectivity index (χ3v) is 3.52. The third kappa shape index (κ3) is 4.61.